The second-order valence-electron chi connectivity index (χ2n) is 3.87. The summed E-state index contributed by atoms with van der Waals surface area (Å²) in [4.78, 5) is 0.220. The van der Waals surface area contributed by atoms with Crippen LogP contribution in [0.2, 0.25) is 0 Å². The second-order valence-corrected chi connectivity index (χ2v) is 5.64. The number of aromatic nitrogens is 1. The maximum atomic E-state index is 12.0. The minimum atomic E-state index is -3.53. The summed E-state index contributed by atoms with van der Waals surface area (Å²) < 4.78 is 31.1. The third kappa shape index (κ3) is 3.55. The van der Waals surface area contributed by atoms with Gasteiger partial charge < -0.3 is 9.84 Å². The van der Waals surface area contributed by atoms with Gasteiger partial charge in [-0.15, -0.1) is 0 Å². The first-order valence-electron chi connectivity index (χ1n) is 5.84. The van der Waals surface area contributed by atoms with E-state index >= 15 is 0 Å². The molecule has 0 radical (unpaired) electrons. The molecular formula is C12H15N3O3S. The Bertz CT molecular complexity index is 606. The van der Waals surface area contributed by atoms with Crippen LogP contribution in [0.15, 0.2) is 46.0 Å². The molecule has 7 heteroatoms. The molecule has 6 nitrogen and oxygen atoms in total. The van der Waals surface area contributed by atoms with Gasteiger partial charge in [0.1, 0.15) is 6.26 Å². The summed E-state index contributed by atoms with van der Waals surface area (Å²) in [6, 6.07) is 8.19. The van der Waals surface area contributed by atoms with Crippen LogP contribution in [0.1, 0.15) is 12.6 Å². The van der Waals surface area contributed by atoms with Gasteiger partial charge in [-0.25, -0.2) is 13.1 Å². The van der Waals surface area contributed by atoms with Gasteiger partial charge in [-0.1, -0.05) is 5.16 Å². The molecule has 0 amide bonds. The Labute approximate surface area is 111 Å². The van der Waals surface area contributed by atoms with Crippen molar-refractivity contribution >= 4 is 15.7 Å². The maximum Gasteiger partial charge on any atom is 0.240 e. The average Bonchev–Trinajstić information content (AvgIpc) is 2.91. The van der Waals surface area contributed by atoms with E-state index in [1.807, 2.05) is 6.92 Å². The zero-order valence-corrected chi connectivity index (χ0v) is 11.3. The van der Waals surface area contributed by atoms with Crippen molar-refractivity contribution in [2.45, 2.75) is 18.4 Å². The summed E-state index contributed by atoms with van der Waals surface area (Å²) in [6.07, 6.45) is 1.40. The molecular weight excluding hydrogens is 266 g/mol. The zero-order chi connectivity index (χ0) is 13.7. The quantitative estimate of drug-likeness (QED) is 0.840. The molecule has 1 aromatic heterocycles. The standard InChI is InChI=1S/C12H15N3O3S/c1-2-13-10-3-5-12(6-4-10)19(16,17)14-9-11-7-8-18-15-11/h3-8,13-14H,2,9H2,1H3. The molecule has 0 saturated carbocycles. The third-order valence-electron chi connectivity index (χ3n) is 2.48. The topological polar surface area (TPSA) is 84.2 Å². The highest BCUT2D eigenvalue weighted by molar-refractivity contribution is 7.89. The summed E-state index contributed by atoms with van der Waals surface area (Å²) in [5.74, 6) is 0. The van der Waals surface area contributed by atoms with E-state index in [2.05, 4.69) is 19.7 Å². The number of nitrogens with zero attached hydrogens (tertiary/aromatic N) is 1. The van der Waals surface area contributed by atoms with Gasteiger partial charge in [-0.2, -0.15) is 0 Å². The molecule has 0 aliphatic heterocycles. The number of anilines is 1. The Morgan fingerprint density at radius 1 is 1.21 bits per heavy atom. The molecule has 2 rings (SSSR count). The van der Waals surface area contributed by atoms with Gasteiger partial charge in [0.2, 0.25) is 10.0 Å². The van der Waals surface area contributed by atoms with Crippen molar-refractivity contribution in [1.82, 2.24) is 9.88 Å². The molecule has 0 fully saturated rings. The number of hydrogen-bond acceptors (Lipinski definition) is 5. The van der Waals surface area contributed by atoms with Crippen molar-refractivity contribution in [3.63, 3.8) is 0 Å². The van der Waals surface area contributed by atoms with E-state index in [1.54, 1.807) is 30.3 Å². The van der Waals surface area contributed by atoms with Crippen LogP contribution >= 0.6 is 0 Å². The van der Waals surface area contributed by atoms with Gasteiger partial charge in [0.25, 0.3) is 0 Å². The number of sulfonamides is 1. The predicted molar refractivity (Wildman–Crippen MR) is 71.1 cm³/mol. The highest BCUT2D eigenvalue weighted by atomic mass is 32.2. The van der Waals surface area contributed by atoms with Gasteiger partial charge in [0.15, 0.2) is 0 Å². The zero-order valence-electron chi connectivity index (χ0n) is 10.5. The number of rotatable bonds is 6. The lowest BCUT2D eigenvalue weighted by atomic mass is 10.3. The van der Waals surface area contributed by atoms with Crippen LogP contribution < -0.4 is 10.0 Å². The van der Waals surface area contributed by atoms with Crippen LogP contribution in [0.3, 0.4) is 0 Å². The molecule has 102 valence electrons. The number of benzene rings is 1. The first-order chi connectivity index (χ1) is 9.12. The summed E-state index contributed by atoms with van der Waals surface area (Å²) in [6.45, 7) is 2.87. The summed E-state index contributed by atoms with van der Waals surface area (Å²) in [5, 5.41) is 6.74. The Kier molecular flexibility index (Phi) is 4.18. The van der Waals surface area contributed by atoms with Crippen LogP contribution in [-0.4, -0.2) is 20.1 Å². The van der Waals surface area contributed by atoms with Gasteiger partial charge in [-0.05, 0) is 31.2 Å². The van der Waals surface area contributed by atoms with Gasteiger partial charge >= 0.3 is 0 Å². The molecule has 0 unspecified atom stereocenters. The number of hydrogen-bond donors (Lipinski definition) is 2. The lowest BCUT2D eigenvalue weighted by Gasteiger charge is -2.07. The Morgan fingerprint density at radius 2 is 1.95 bits per heavy atom. The molecule has 0 bridgehead atoms. The fraction of sp³-hybridized carbons (Fsp3) is 0.250. The molecule has 2 aromatic rings. The molecule has 2 N–H and O–H groups in total. The van der Waals surface area contributed by atoms with Crippen molar-refractivity contribution in [3.05, 3.63) is 42.3 Å². The average molecular weight is 281 g/mol. The molecule has 1 heterocycles. The SMILES string of the molecule is CCNc1ccc(S(=O)(=O)NCc2ccon2)cc1. The Balaban J connectivity index is 2.06. The van der Waals surface area contributed by atoms with E-state index in [0.29, 0.717) is 5.69 Å². The van der Waals surface area contributed by atoms with Crippen molar-refractivity contribution in [1.29, 1.82) is 0 Å². The van der Waals surface area contributed by atoms with E-state index in [1.165, 1.54) is 6.26 Å². The van der Waals surface area contributed by atoms with Crippen molar-refractivity contribution < 1.29 is 12.9 Å². The molecule has 1 aromatic carbocycles. The molecule has 0 saturated heterocycles. The fourth-order valence-electron chi connectivity index (χ4n) is 1.54. The van der Waals surface area contributed by atoms with Crippen LogP contribution in [0.5, 0.6) is 0 Å². The van der Waals surface area contributed by atoms with Crippen LogP contribution in [0.25, 0.3) is 0 Å². The van der Waals surface area contributed by atoms with Crippen LogP contribution in [0, 0.1) is 0 Å². The Morgan fingerprint density at radius 3 is 2.53 bits per heavy atom. The second kappa shape index (κ2) is 5.85. The minimum absolute atomic E-state index is 0.105. The molecule has 0 spiro atoms. The Hall–Kier alpha value is -1.86. The normalized spacial score (nSPS) is 11.4. The lowest BCUT2D eigenvalue weighted by molar-refractivity contribution is 0.411. The van der Waals surface area contributed by atoms with E-state index in [0.717, 1.165) is 12.2 Å². The summed E-state index contributed by atoms with van der Waals surface area (Å²) in [7, 11) is -3.53. The van der Waals surface area contributed by atoms with E-state index in [-0.39, 0.29) is 11.4 Å². The van der Waals surface area contributed by atoms with Gasteiger partial charge in [-0.3, -0.25) is 0 Å². The molecule has 0 aliphatic rings. The van der Waals surface area contributed by atoms with E-state index in [9.17, 15) is 8.42 Å². The first kappa shape index (κ1) is 13.6. The highest BCUT2D eigenvalue weighted by Gasteiger charge is 2.14. The van der Waals surface area contributed by atoms with Crippen LogP contribution in [0.4, 0.5) is 5.69 Å². The van der Waals surface area contributed by atoms with Crippen molar-refractivity contribution in [2.75, 3.05) is 11.9 Å². The lowest BCUT2D eigenvalue weighted by Crippen LogP contribution is -2.23. The van der Waals surface area contributed by atoms with E-state index < -0.39 is 10.0 Å². The van der Waals surface area contributed by atoms with Crippen molar-refractivity contribution in [3.8, 4) is 0 Å². The summed E-state index contributed by atoms with van der Waals surface area (Å²) in [5.41, 5.74) is 1.42. The third-order valence-corrected chi connectivity index (χ3v) is 3.90. The molecule has 0 atom stereocenters. The first-order valence-corrected chi connectivity index (χ1v) is 7.33. The fourth-order valence-corrected chi connectivity index (χ4v) is 2.54. The maximum absolute atomic E-state index is 12.0. The van der Waals surface area contributed by atoms with Crippen LogP contribution in [-0.2, 0) is 16.6 Å². The number of nitrogens with one attached hydrogen (secondary N) is 2. The molecule has 0 aliphatic carbocycles. The van der Waals surface area contributed by atoms with Gasteiger partial charge in [0.05, 0.1) is 17.1 Å². The summed E-state index contributed by atoms with van der Waals surface area (Å²) >= 11 is 0. The van der Waals surface area contributed by atoms with Crippen molar-refractivity contribution in [2.24, 2.45) is 0 Å². The highest BCUT2D eigenvalue weighted by Crippen LogP contribution is 2.14. The molecule has 19 heavy (non-hydrogen) atoms. The van der Waals surface area contributed by atoms with Gasteiger partial charge in [0, 0.05) is 18.3 Å². The predicted octanol–water partition coefficient (Wildman–Crippen LogP) is 1.58. The smallest absolute Gasteiger partial charge is 0.240 e. The largest absolute Gasteiger partial charge is 0.385 e. The monoisotopic (exact) mass is 281 g/mol. The van der Waals surface area contributed by atoms with E-state index in [4.69, 9.17) is 0 Å². The minimum Gasteiger partial charge on any atom is -0.385 e.